The van der Waals surface area contributed by atoms with Crippen LogP contribution in [0.4, 0.5) is 11.4 Å². The number of sulfonamides is 1. The summed E-state index contributed by atoms with van der Waals surface area (Å²) in [5.74, 6) is 0.0413. The van der Waals surface area contributed by atoms with E-state index in [1.807, 2.05) is 24.3 Å². The Morgan fingerprint density at radius 1 is 1.00 bits per heavy atom. The SMILES string of the molecule is CS(=O)(=O)N1CCN(c2ccccc2NC(=S)NC(=O)c2ccc(-c3ccc(Cl)c(Cl)c3)o2)CC1. The molecule has 1 saturated heterocycles. The van der Waals surface area contributed by atoms with Crippen LogP contribution < -0.4 is 15.5 Å². The Labute approximate surface area is 218 Å². The normalized spacial score (nSPS) is 14.5. The predicted octanol–water partition coefficient (Wildman–Crippen LogP) is 4.46. The number of furan rings is 1. The van der Waals surface area contributed by atoms with Crippen molar-refractivity contribution >= 4 is 67.8 Å². The lowest BCUT2D eigenvalue weighted by molar-refractivity contribution is 0.0951. The molecule has 35 heavy (non-hydrogen) atoms. The monoisotopic (exact) mass is 552 g/mol. The zero-order chi connectivity index (χ0) is 25.2. The molecule has 2 heterocycles. The molecule has 184 valence electrons. The van der Waals surface area contributed by atoms with Crippen molar-refractivity contribution in [3.63, 3.8) is 0 Å². The third kappa shape index (κ3) is 6.14. The number of benzene rings is 2. The number of nitrogens with one attached hydrogen (secondary N) is 2. The quantitative estimate of drug-likeness (QED) is 0.451. The molecule has 1 aromatic heterocycles. The molecule has 1 fully saturated rings. The number of anilines is 2. The summed E-state index contributed by atoms with van der Waals surface area (Å²) in [7, 11) is -3.22. The second-order valence-electron chi connectivity index (χ2n) is 7.87. The van der Waals surface area contributed by atoms with Gasteiger partial charge in [-0.05, 0) is 54.7 Å². The number of amides is 1. The summed E-state index contributed by atoms with van der Waals surface area (Å²) in [5, 5.41) is 6.59. The number of rotatable bonds is 5. The maximum Gasteiger partial charge on any atom is 0.293 e. The fourth-order valence-corrected chi connectivity index (χ4v) is 5.03. The Morgan fingerprint density at radius 2 is 1.71 bits per heavy atom. The van der Waals surface area contributed by atoms with Crippen molar-refractivity contribution in [3.8, 4) is 11.3 Å². The fraction of sp³-hybridized carbons (Fsp3) is 0.217. The van der Waals surface area contributed by atoms with Crippen molar-refractivity contribution in [2.45, 2.75) is 0 Å². The molecule has 1 amide bonds. The van der Waals surface area contributed by atoms with Crippen molar-refractivity contribution in [1.82, 2.24) is 9.62 Å². The van der Waals surface area contributed by atoms with E-state index in [0.717, 1.165) is 5.69 Å². The lowest BCUT2D eigenvalue weighted by Crippen LogP contribution is -2.48. The van der Waals surface area contributed by atoms with Crippen molar-refractivity contribution in [2.24, 2.45) is 0 Å². The summed E-state index contributed by atoms with van der Waals surface area (Å²) >= 11 is 17.4. The molecule has 8 nitrogen and oxygen atoms in total. The van der Waals surface area contributed by atoms with Gasteiger partial charge < -0.3 is 14.6 Å². The van der Waals surface area contributed by atoms with Gasteiger partial charge in [0, 0.05) is 31.7 Å². The lowest BCUT2D eigenvalue weighted by Gasteiger charge is -2.35. The van der Waals surface area contributed by atoms with Crippen molar-refractivity contribution in [3.05, 3.63) is 70.4 Å². The van der Waals surface area contributed by atoms with Crippen molar-refractivity contribution in [1.29, 1.82) is 0 Å². The molecule has 2 aromatic carbocycles. The van der Waals surface area contributed by atoms with Gasteiger partial charge in [-0.3, -0.25) is 10.1 Å². The van der Waals surface area contributed by atoms with E-state index in [1.54, 1.807) is 30.3 Å². The lowest BCUT2D eigenvalue weighted by atomic mass is 10.2. The molecule has 0 radical (unpaired) electrons. The van der Waals surface area contributed by atoms with Crippen LogP contribution in [-0.2, 0) is 10.0 Å². The van der Waals surface area contributed by atoms with E-state index in [0.29, 0.717) is 53.2 Å². The molecule has 0 atom stereocenters. The number of thiocarbonyl (C=S) groups is 1. The van der Waals surface area contributed by atoms with Crippen LogP contribution in [0.2, 0.25) is 10.0 Å². The van der Waals surface area contributed by atoms with Gasteiger partial charge in [-0.1, -0.05) is 35.3 Å². The Kier molecular flexibility index (Phi) is 7.67. The summed E-state index contributed by atoms with van der Waals surface area (Å²) in [6.45, 7) is 1.87. The average Bonchev–Trinajstić information content (AvgIpc) is 3.31. The van der Waals surface area contributed by atoms with Gasteiger partial charge in [-0.25, -0.2) is 8.42 Å². The second-order valence-corrected chi connectivity index (χ2v) is 11.1. The van der Waals surface area contributed by atoms with Gasteiger partial charge in [0.05, 0.1) is 27.7 Å². The Hall–Kier alpha value is -2.63. The first-order chi connectivity index (χ1) is 16.6. The highest BCUT2D eigenvalue weighted by molar-refractivity contribution is 7.88. The topological polar surface area (TPSA) is 94.9 Å². The smallest absolute Gasteiger partial charge is 0.293 e. The molecule has 0 unspecified atom stereocenters. The molecule has 1 aliphatic heterocycles. The van der Waals surface area contributed by atoms with Crippen molar-refractivity contribution in [2.75, 3.05) is 42.7 Å². The highest BCUT2D eigenvalue weighted by Crippen LogP contribution is 2.30. The highest BCUT2D eigenvalue weighted by atomic mass is 35.5. The van der Waals surface area contributed by atoms with Crippen LogP contribution in [0.1, 0.15) is 10.6 Å². The van der Waals surface area contributed by atoms with Gasteiger partial charge in [-0.15, -0.1) is 0 Å². The van der Waals surface area contributed by atoms with Crippen LogP contribution in [0.15, 0.2) is 59.0 Å². The number of halogens is 2. The third-order valence-corrected chi connectivity index (χ3v) is 7.71. The molecule has 3 aromatic rings. The van der Waals surface area contributed by atoms with Crippen LogP contribution in [0.5, 0.6) is 0 Å². The molecule has 0 aliphatic carbocycles. The maximum absolute atomic E-state index is 12.7. The number of carbonyl (C=O) groups is 1. The number of para-hydroxylation sites is 2. The molecule has 12 heteroatoms. The zero-order valence-corrected chi connectivity index (χ0v) is 21.8. The van der Waals surface area contributed by atoms with Gasteiger partial charge in [0.15, 0.2) is 10.9 Å². The van der Waals surface area contributed by atoms with Crippen LogP contribution >= 0.6 is 35.4 Å². The first-order valence-corrected chi connectivity index (χ1v) is 13.6. The number of hydrogen-bond donors (Lipinski definition) is 2. The maximum atomic E-state index is 12.7. The minimum atomic E-state index is -3.22. The van der Waals surface area contributed by atoms with E-state index in [-0.39, 0.29) is 10.9 Å². The summed E-state index contributed by atoms with van der Waals surface area (Å²) < 4.78 is 30.7. The standard InChI is InChI=1S/C23H22Cl2N4O4S2/c1-35(31,32)29-12-10-28(11-13-29)19-5-3-2-4-18(19)26-23(34)27-22(30)21-9-8-20(33-21)15-6-7-16(24)17(25)14-15/h2-9,14H,10-13H2,1H3,(H2,26,27,30,34). The number of carbonyl (C=O) groups excluding carboxylic acids is 1. The number of nitrogens with zero attached hydrogens (tertiary/aromatic N) is 2. The molecule has 4 rings (SSSR count). The van der Waals surface area contributed by atoms with E-state index in [1.165, 1.54) is 10.6 Å². The highest BCUT2D eigenvalue weighted by Gasteiger charge is 2.25. The third-order valence-electron chi connectivity index (χ3n) is 5.46. The molecule has 0 saturated carbocycles. The van der Waals surface area contributed by atoms with E-state index in [9.17, 15) is 13.2 Å². The summed E-state index contributed by atoms with van der Waals surface area (Å²) in [6.07, 6.45) is 1.21. The Morgan fingerprint density at radius 3 is 2.40 bits per heavy atom. The predicted molar refractivity (Wildman–Crippen MR) is 143 cm³/mol. The van der Waals surface area contributed by atoms with Crippen LogP contribution in [-0.4, -0.2) is 56.2 Å². The molecular weight excluding hydrogens is 531 g/mol. The Balaban J connectivity index is 1.40. The van der Waals surface area contributed by atoms with Crippen molar-refractivity contribution < 1.29 is 17.6 Å². The molecule has 0 bridgehead atoms. The van der Waals surface area contributed by atoms with Gasteiger partial charge in [-0.2, -0.15) is 4.31 Å². The van der Waals surface area contributed by atoms with Gasteiger partial charge in [0.2, 0.25) is 10.0 Å². The van der Waals surface area contributed by atoms with Gasteiger partial charge in [0.25, 0.3) is 5.91 Å². The second kappa shape index (κ2) is 10.5. The first-order valence-electron chi connectivity index (χ1n) is 10.6. The minimum Gasteiger partial charge on any atom is -0.451 e. The van der Waals surface area contributed by atoms with E-state index < -0.39 is 15.9 Å². The molecule has 1 aliphatic rings. The van der Waals surface area contributed by atoms with E-state index in [4.69, 9.17) is 39.8 Å². The summed E-state index contributed by atoms with van der Waals surface area (Å²) in [5.41, 5.74) is 2.24. The first kappa shape index (κ1) is 25.5. The minimum absolute atomic E-state index is 0.0837. The Bertz CT molecular complexity index is 1370. The molecule has 0 spiro atoms. The average molecular weight is 553 g/mol. The van der Waals surface area contributed by atoms with Gasteiger partial charge in [0.1, 0.15) is 5.76 Å². The van der Waals surface area contributed by atoms with Gasteiger partial charge >= 0.3 is 0 Å². The largest absolute Gasteiger partial charge is 0.451 e. The fourth-order valence-electron chi connectivity index (χ4n) is 3.70. The summed E-state index contributed by atoms with van der Waals surface area (Å²) in [4.78, 5) is 14.7. The zero-order valence-electron chi connectivity index (χ0n) is 18.6. The van der Waals surface area contributed by atoms with Crippen LogP contribution in [0, 0.1) is 0 Å². The molecule has 2 N–H and O–H groups in total. The number of hydrogen-bond acceptors (Lipinski definition) is 6. The van der Waals surface area contributed by atoms with Crippen LogP contribution in [0.3, 0.4) is 0 Å². The van der Waals surface area contributed by atoms with E-state index in [2.05, 4.69) is 15.5 Å². The number of piperazine rings is 1. The molecular formula is C23H22Cl2N4O4S2. The van der Waals surface area contributed by atoms with Crippen LogP contribution in [0.25, 0.3) is 11.3 Å². The summed E-state index contributed by atoms with van der Waals surface area (Å²) in [6, 6.07) is 15.7. The van der Waals surface area contributed by atoms with E-state index >= 15 is 0 Å².